The van der Waals surface area contributed by atoms with Crippen molar-refractivity contribution < 1.29 is 9.59 Å². The van der Waals surface area contributed by atoms with E-state index in [2.05, 4.69) is 26.2 Å². The lowest BCUT2D eigenvalue weighted by Crippen LogP contribution is -2.46. The lowest BCUT2D eigenvalue weighted by molar-refractivity contribution is 0.0698. The molecule has 0 aliphatic carbocycles. The molecule has 1 aromatic carbocycles. The highest BCUT2D eigenvalue weighted by atomic mass is 79.9. The van der Waals surface area contributed by atoms with E-state index < -0.39 is 0 Å². The first kappa shape index (κ1) is 16.6. The predicted molar refractivity (Wildman–Crippen MR) is 94.8 cm³/mol. The normalized spacial score (nSPS) is 15.1. The number of halogens is 1. The van der Waals surface area contributed by atoms with Gasteiger partial charge in [0.05, 0.1) is 5.56 Å². The Balaban J connectivity index is 1.54. The number of amides is 2. The average Bonchev–Trinajstić information content (AvgIpc) is 2.62. The summed E-state index contributed by atoms with van der Waals surface area (Å²) in [6.07, 6.45) is 4.71. The van der Waals surface area contributed by atoms with Crippen LogP contribution in [0, 0.1) is 0 Å². The van der Waals surface area contributed by atoms with E-state index in [0.29, 0.717) is 24.2 Å². The Hall–Kier alpha value is -2.21. The van der Waals surface area contributed by atoms with Gasteiger partial charge in [-0.1, -0.05) is 22.0 Å². The van der Waals surface area contributed by atoms with Crippen LogP contribution in [0.5, 0.6) is 0 Å². The number of benzene rings is 1. The van der Waals surface area contributed by atoms with Gasteiger partial charge in [-0.3, -0.25) is 14.6 Å². The van der Waals surface area contributed by atoms with E-state index in [1.807, 2.05) is 29.2 Å². The smallest absolute Gasteiger partial charge is 0.253 e. The fourth-order valence-corrected chi connectivity index (χ4v) is 3.20. The summed E-state index contributed by atoms with van der Waals surface area (Å²) in [6.45, 7) is 1.28. The zero-order valence-electron chi connectivity index (χ0n) is 13.1. The fourth-order valence-electron chi connectivity index (χ4n) is 2.80. The van der Waals surface area contributed by atoms with Crippen LogP contribution in [0.15, 0.2) is 53.3 Å². The highest BCUT2D eigenvalue weighted by molar-refractivity contribution is 9.10. The molecule has 1 aliphatic heterocycles. The molecule has 3 rings (SSSR count). The van der Waals surface area contributed by atoms with E-state index in [4.69, 9.17) is 0 Å². The Kier molecular flexibility index (Phi) is 5.25. The van der Waals surface area contributed by atoms with Gasteiger partial charge in [-0.2, -0.15) is 0 Å². The summed E-state index contributed by atoms with van der Waals surface area (Å²) in [5.74, 6) is -0.0757. The van der Waals surface area contributed by atoms with Crippen molar-refractivity contribution >= 4 is 27.7 Å². The molecule has 2 aromatic rings. The van der Waals surface area contributed by atoms with Crippen LogP contribution in [0.25, 0.3) is 0 Å². The third-order valence-corrected chi connectivity index (χ3v) is 4.61. The molecule has 6 heteroatoms. The molecule has 1 fully saturated rings. The average molecular weight is 388 g/mol. The van der Waals surface area contributed by atoms with Crippen LogP contribution in [0.3, 0.4) is 0 Å². The number of likely N-dealkylation sites (tertiary alicyclic amines) is 1. The first-order valence-corrected chi connectivity index (χ1v) is 8.68. The molecule has 1 saturated heterocycles. The van der Waals surface area contributed by atoms with Crippen molar-refractivity contribution in [1.82, 2.24) is 15.2 Å². The van der Waals surface area contributed by atoms with Gasteiger partial charge in [-0.25, -0.2) is 0 Å². The highest BCUT2D eigenvalue weighted by Gasteiger charge is 2.24. The van der Waals surface area contributed by atoms with Crippen molar-refractivity contribution in [2.24, 2.45) is 0 Å². The molecule has 1 N–H and O–H groups in total. The number of nitrogens with one attached hydrogen (secondary N) is 1. The Morgan fingerprint density at radius 2 is 1.88 bits per heavy atom. The van der Waals surface area contributed by atoms with Gasteiger partial charge < -0.3 is 10.2 Å². The standard InChI is InChI=1S/C18H18BrN3O2/c19-15-5-1-3-13(11-15)18(24)22-9-6-16(7-10-22)21-17(23)14-4-2-8-20-12-14/h1-5,8,11-12,16H,6-7,9-10H2,(H,21,23). The first-order valence-electron chi connectivity index (χ1n) is 7.89. The molecule has 24 heavy (non-hydrogen) atoms. The van der Waals surface area contributed by atoms with Gasteiger partial charge >= 0.3 is 0 Å². The number of nitrogens with zero attached hydrogens (tertiary/aromatic N) is 2. The Bertz CT molecular complexity index is 728. The molecule has 1 aliphatic rings. The second kappa shape index (κ2) is 7.57. The minimum atomic E-state index is -0.111. The highest BCUT2D eigenvalue weighted by Crippen LogP contribution is 2.17. The maximum Gasteiger partial charge on any atom is 0.253 e. The van der Waals surface area contributed by atoms with E-state index in [0.717, 1.165) is 17.3 Å². The lowest BCUT2D eigenvalue weighted by Gasteiger charge is -2.32. The molecule has 2 heterocycles. The predicted octanol–water partition coefficient (Wildman–Crippen LogP) is 2.88. The van der Waals surface area contributed by atoms with E-state index in [1.54, 1.807) is 24.5 Å². The van der Waals surface area contributed by atoms with Crippen LogP contribution in [0.1, 0.15) is 33.6 Å². The molecule has 5 nitrogen and oxygen atoms in total. The van der Waals surface area contributed by atoms with Crippen LogP contribution < -0.4 is 5.32 Å². The second-order valence-electron chi connectivity index (χ2n) is 5.79. The maximum absolute atomic E-state index is 12.5. The Morgan fingerprint density at radius 3 is 2.54 bits per heavy atom. The van der Waals surface area contributed by atoms with E-state index in [9.17, 15) is 9.59 Å². The van der Waals surface area contributed by atoms with Crippen LogP contribution in [-0.2, 0) is 0 Å². The monoisotopic (exact) mass is 387 g/mol. The van der Waals surface area contributed by atoms with Gasteiger partial charge in [-0.05, 0) is 43.2 Å². The molecular weight excluding hydrogens is 370 g/mol. The molecule has 1 aromatic heterocycles. The van der Waals surface area contributed by atoms with Crippen molar-refractivity contribution in [3.05, 3.63) is 64.4 Å². The third kappa shape index (κ3) is 4.00. The van der Waals surface area contributed by atoms with Crippen molar-refractivity contribution in [2.75, 3.05) is 13.1 Å². The van der Waals surface area contributed by atoms with Crippen LogP contribution in [0.2, 0.25) is 0 Å². The molecule has 0 saturated carbocycles. The number of hydrogen-bond donors (Lipinski definition) is 1. The fraction of sp³-hybridized carbons (Fsp3) is 0.278. The first-order chi connectivity index (χ1) is 11.6. The van der Waals surface area contributed by atoms with Crippen LogP contribution >= 0.6 is 15.9 Å². The zero-order chi connectivity index (χ0) is 16.9. The summed E-state index contributed by atoms with van der Waals surface area (Å²) in [5, 5.41) is 3.02. The van der Waals surface area contributed by atoms with Crippen molar-refractivity contribution in [2.45, 2.75) is 18.9 Å². The van der Waals surface area contributed by atoms with E-state index in [1.165, 1.54) is 0 Å². The van der Waals surface area contributed by atoms with Crippen molar-refractivity contribution in [3.8, 4) is 0 Å². The van der Waals surface area contributed by atoms with E-state index >= 15 is 0 Å². The SMILES string of the molecule is O=C(NC1CCN(C(=O)c2cccc(Br)c2)CC1)c1cccnc1. The summed E-state index contributed by atoms with van der Waals surface area (Å²) >= 11 is 3.39. The third-order valence-electron chi connectivity index (χ3n) is 4.11. The number of carbonyl (C=O) groups excluding carboxylic acids is 2. The molecule has 0 spiro atoms. The second-order valence-corrected chi connectivity index (χ2v) is 6.71. The molecule has 0 atom stereocenters. The van der Waals surface area contributed by atoms with E-state index in [-0.39, 0.29) is 17.9 Å². The minimum absolute atomic E-state index is 0.0355. The van der Waals surface area contributed by atoms with Crippen LogP contribution in [-0.4, -0.2) is 40.8 Å². The van der Waals surface area contributed by atoms with Gasteiger partial charge in [-0.15, -0.1) is 0 Å². The van der Waals surface area contributed by atoms with Crippen molar-refractivity contribution in [3.63, 3.8) is 0 Å². The molecule has 124 valence electrons. The lowest BCUT2D eigenvalue weighted by atomic mass is 10.0. The number of rotatable bonds is 3. The number of pyridine rings is 1. The maximum atomic E-state index is 12.5. The number of piperidine rings is 1. The number of aromatic nitrogens is 1. The summed E-state index contributed by atoms with van der Waals surface area (Å²) in [5.41, 5.74) is 1.24. The number of hydrogen-bond acceptors (Lipinski definition) is 3. The topological polar surface area (TPSA) is 62.3 Å². The minimum Gasteiger partial charge on any atom is -0.349 e. The molecular formula is C18H18BrN3O2. The summed E-state index contributed by atoms with van der Waals surface area (Å²) in [6, 6.07) is 11.0. The van der Waals surface area contributed by atoms with Crippen LogP contribution in [0.4, 0.5) is 0 Å². The quantitative estimate of drug-likeness (QED) is 0.880. The zero-order valence-corrected chi connectivity index (χ0v) is 14.7. The van der Waals surface area contributed by atoms with Gasteiger partial charge in [0, 0.05) is 41.6 Å². The molecule has 0 unspecified atom stereocenters. The molecule has 0 radical (unpaired) electrons. The summed E-state index contributed by atoms with van der Waals surface area (Å²) < 4.78 is 0.895. The summed E-state index contributed by atoms with van der Waals surface area (Å²) in [7, 11) is 0. The molecule has 2 amide bonds. The van der Waals surface area contributed by atoms with Gasteiger partial charge in [0.1, 0.15) is 0 Å². The summed E-state index contributed by atoms with van der Waals surface area (Å²) in [4.78, 5) is 30.5. The van der Waals surface area contributed by atoms with Gasteiger partial charge in [0.15, 0.2) is 0 Å². The Morgan fingerprint density at radius 1 is 1.12 bits per heavy atom. The molecule has 0 bridgehead atoms. The number of carbonyl (C=O) groups is 2. The Labute approximate surface area is 149 Å². The largest absolute Gasteiger partial charge is 0.349 e. The van der Waals surface area contributed by atoms with Gasteiger partial charge in [0.25, 0.3) is 11.8 Å². The van der Waals surface area contributed by atoms with Gasteiger partial charge in [0.2, 0.25) is 0 Å². The van der Waals surface area contributed by atoms with Crippen molar-refractivity contribution in [1.29, 1.82) is 0 Å².